The first kappa shape index (κ1) is 18.0. The Hall–Kier alpha value is -2.41. The van der Waals surface area contributed by atoms with Gasteiger partial charge in [0.25, 0.3) is 5.91 Å². The second kappa shape index (κ2) is 6.64. The fourth-order valence-electron chi connectivity index (χ4n) is 3.86. The lowest BCUT2D eigenvalue weighted by Crippen LogP contribution is -2.34. The molecule has 1 aliphatic carbocycles. The van der Waals surface area contributed by atoms with Crippen molar-refractivity contribution in [3.8, 4) is 10.4 Å². The Bertz CT molecular complexity index is 932. The molecule has 7 heteroatoms. The maximum atomic E-state index is 12.9. The van der Waals surface area contributed by atoms with Gasteiger partial charge in [0.15, 0.2) is 5.13 Å². The number of hydrogen-bond acceptors (Lipinski definition) is 4. The number of nitrogens with zero attached hydrogens (tertiary/aromatic N) is 2. The van der Waals surface area contributed by atoms with Crippen LogP contribution in [0.2, 0.25) is 0 Å². The monoisotopic (exact) mass is 384 g/mol. The highest BCUT2D eigenvalue weighted by Crippen LogP contribution is 2.41. The minimum atomic E-state index is -0.282. The van der Waals surface area contributed by atoms with Crippen LogP contribution in [0, 0.1) is 19.8 Å². The summed E-state index contributed by atoms with van der Waals surface area (Å²) in [6.07, 6.45) is 2.46. The Morgan fingerprint density at radius 1 is 1.33 bits per heavy atom. The molecule has 2 N–H and O–H groups in total. The first-order chi connectivity index (χ1) is 12.9. The maximum absolute atomic E-state index is 12.9. The molecule has 0 unspecified atom stereocenters. The van der Waals surface area contributed by atoms with Crippen molar-refractivity contribution in [3.63, 3.8) is 0 Å². The van der Waals surface area contributed by atoms with E-state index in [1.807, 2.05) is 18.7 Å². The summed E-state index contributed by atoms with van der Waals surface area (Å²) in [5, 5.41) is 5.84. The molecule has 0 radical (unpaired) electrons. The van der Waals surface area contributed by atoms with Crippen molar-refractivity contribution >= 4 is 28.4 Å². The zero-order valence-corrected chi connectivity index (χ0v) is 16.9. The van der Waals surface area contributed by atoms with Gasteiger partial charge in [-0.15, -0.1) is 0 Å². The minimum Gasteiger partial charge on any atom is -0.341 e. The van der Waals surface area contributed by atoms with Gasteiger partial charge < -0.3 is 10.2 Å². The Labute approximate surface area is 163 Å². The van der Waals surface area contributed by atoms with E-state index in [0.717, 1.165) is 32.8 Å². The molecule has 0 spiro atoms. The molecule has 1 aromatic carbocycles. The number of benzene rings is 1. The molecule has 4 rings (SSSR count). The van der Waals surface area contributed by atoms with Gasteiger partial charge in [0, 0.05) is 25.2 Å². The van der Waals surface area contributed by atoms with Crippen molar-refractivity contribution in [3.05, 3.63) is 34.5 Å². The lowest BCUT2D eigenvalue weighted by Gasteiger charge is -2.24. The lowest BCUT2D eigenvalue weighted by atomic mass is 9.99. The van der Waals surface area contributed by atoms with Crippen LogP contribution >= 0.6 is 11.3 Å². The fourth-order valence-corrected chi connectivity index (χ4v) is 4.81. The average molecular weight is 385 g/mol. The molecule has 1 fully saturated rings. The number of urea groups is 1. The van der Waals surface area contributed by atoms with Crippen molar-refractivity contribution in [1.82, 2.24) is 15.2 Å². The van der Waals surface area contributed by atoms with E-state index >= 15 is 0 Å². The quantitative estimate of drug-likeness (QED) is 0.839. The first-order valence-corrected chi connectivity index (χ1v) is 10.1. The van der Waals surface area contributed by atoms with E-state index in [-0.39, 0.29) is 11.9 Å². The third-order valence-electron chi connectivity index (χ3n) is 5.53. The third kappa shape index (κ3) is 3.20. The third-order valence-corrected chi connectivity index (χ3v) is 6.66. The summed E-state index contributed by atoms with van der Waals surface area (Å²) in [4.78, 5) is 32.0. The largest absolute Gasteiger partial charge is 0.341 e. The molecule has 0 saturated heterocycles. The maximum Gasteiger partial charge on any atom is 0.320 e. The summed E-state index contributed by atoms with van der Waals surface area (Å²) in [5.41, 5.74) is 4.89. The number of thiazole rings is 1. The topological polar surface area (TPSA) is 74.3 Å². The van der Waals surface area contributed by atoms with Gasteiger partial charge in [0.1, 0.15) is 0 Å². The number of nitrogens with one attached hydrogen (secondary N) is 2. The van der Waals surface area contributed by atoms with Gasteiger partial charge in [0.05, 0.1) is 10.6 Å². The van der Waals surface area contributed by atoms with Gasteiger partial charge in [-0.1, -0.05) is 11.3 Å². The highest BCUT2D eigenvalue weighted by Gasteiger charge is 2.39. The van der Waals surface area contributed by atoms with Crippen LogP contribution in [0.25, 0.3) is 10.4 Å². The second-order valence-corrected chi connectivity index (χ2v) is 8.48. The molecular weight excluding hydrogens is 360 g/mol. The number of carbonyl (C=O) groups is 2. The molecule has 6 nitrogen and oxygen atoms in total. The summed E-state index contributed by atoms with van der Waals surface area (Å²) in [6.45, 7) is 6.80. The number of rotatable bonds is 4. The van der Waals surface area contributed by atoms with E-state index in [0.29, 0.717) is 23.6 Å². The highest BCUT2D eigenvalue weighted by molar-refractivity contribution is 7.19. The van der Waals surface area contributed by atoms with Crippen LogP contribution in [0.3, 0.4) is 0 Å². The summed E-state index contributed by atoms with van der Waals surface area (Å²) in [7, 11) is 1.58. The van der Waals surface area contributed by atoms with Crippen molar-refractivity contribution in [2.24, 2.45) is 5.92 Å². The Balaban J connectivity index is 1.66. The molecule has 142 valence electrons. The molecule has 1 aromatic heterocycles. The van der Waals surface area contributed by atoms with E-state index < -0.39 is 0 Å². The lowest BCUT2D eigenvalue weighted by molar-refractivity contribution is 0.0697. The highest BCUT2D eigenvalue weighted by atomic mass is 32.1. The fraction of sp³-hybridized carbons (Fsp3) is 0.450. The van der Waals surface area contributed by atoms with Crippen LogP contribution < -0.4 is 10.6 Å². The summed E-state index contributed by atoms with van der Waals surface area (Å²) in [6, 6.07) is 4.20. The number of aromatic nitrogens is 1. The molecule has 0 bridgehead atoms. The molecule has 1 saturated carbocycles. The van der Waals surface area contributed by atoms with Crippen LogP contribution in [-0.2, 0) is 6.54 Å². The Morgan fingerprint density at radius 3 is 2.74 bits per heavy atom. The zero-order valence-electron chi connectivity index (χ0n) is 16.0. The van der Waals surface area contributed by atoms with Crippen molar-refractivity contribution in [2.75, 3.05) is 12.4 Å². The second-order valence-electron chi connectivity index (χ2n) is 7.48. The average Bonchev–Trinajstić information content (AvgIpc) is 3.34. The molecule has 2 aromatic rings. The van der Waals surface area contributed by atoms with Gasteiger partial charge in [-0.05, 0) is 68.4 Å². The van der Waals surface area contributed by atoms with Crippen LogP contribution in [0.5, 0.6) is 0 Å². The molecular formula is C20H24N4O2S. The SMILES string of the molecule is CNC(=O)Nc1nc(C)c(-c2cc(C)c3c(c2)CN([C@@H](C)C2CC2)C3=O)s1. The summed E-state index contributed by atoms with van der Waals surface area (Å²) < 4.78 is 0. The zero-order chi connectivity index (χ0) is 19.3. The number of anilines is 1. The number of carbonyl (C=O) groups excluding carboxylic acids is 2. The minimum absolute atomic E-state index is 0.163. The standard InChI is InChI=1S/C20H24N4O2S/c1-10-7-14(17-11(2)22-20(27-17)23-19(26)21-4)8-15-9-24(18(25)16(10)15)12(3)13-5-6-13/h7-8,12-13H,5-6,9H2,1-4H3,(H2,21,22,23,26)/t12-/m0/s1. The number of amides is 3. The number of hydrogen-bond donors (Lipinski definition) is 2. The van der Waals surface area contributed by atoms with E-state index in [9.17, 15) is 9.59 Å². The molecule has 1 atom stereocenters. The van der Waals surface area contributed by atoms with Crippen molar-refractivity contribution < 1.29 is 9.59 Å². The van der Waals surface area contributed by atoms with Crippen molar-refractivity contribution in [2.45, 2.75) is 46.2 Å². The van der Waals surface area contributed by atoms with Crippen LogP contribution in [-0.4, -0.2) is 34.9 Å². The summed E-state index contributed by atoms with van der Waals surface area (Å²) in [5.74, 6) is 0.821. The molecule has 2 heterocycles. The predicted molar refractivity (Wildman–Crippen MR) is 107 cm³/mol. The Kier molecular flexibility index (Phi) is 4.42. The van der Waals surface area contributed by atoms with E-state index in [4.69, 9.17) is 0 Å². The van der Waals surface area contributed by atoms with Gasteiger partial charge in [0.2, 0.25) is 0 Å². The van der Waals surface area contributed by atoms with E-state index in [1.165, 1.54) is 24.2 Å². The van der Waals surface area contributed by atoms with Gasteiger partial charge in [-0.3, -0.25) is 10.1 Å². The molecule has 3 amide bonds. The van der Waals surface area contributed by atoms with Gasteiger partial charge in [-0.25, -0.2) is 9.78 Å². The number of aryl methyl sites for hydroxylation is 2. The number of fused-ring (bicyclic) bond motifs is 1. The normalized spacial score (nSPS) is 17.0. The molecule has 1 aliphatic heterocycles. The molecule has 27 heavy (non-hydrogen) atoms. The van der Waals surface area contributed by atoms with Crippen molar-refractivity contribution in [1.29, 1.82) is 0 Å². The smallest absolute Gasteiger partial charge is 0.320 e. The van der Waals surface area contributed by atoms with Gasteiger partial charge >= 0.3 is 6.03 Å². The van der Waals surface area contributed by atoms with Gasteiger partial charge in [-0.2, -0.15) is 0 Å². The first-order valence-electron chi connectivity index (χ1n) is 9.30. The Morgan fingerprint density at radius 2 is 2.07 bits per heavy atom. The predicted octanol–water partition coefficient (Wildman–Crippen LogP) is 3.93. The van der Waals surface area contributed by atoms with Crippen LogP contribution in [0.15, 0.2) is 12.1 Å². The van der Waals surface area contributed by atoms with Crippen LogP contribution in [0.4, 0.5) is 9.93 Å². The summed E-state index contributed by atoms with van der Waals surface area (Å²) >= 11 is 1.45. The molecule has 2 aliphatic rings. The van der Waals surface area contributed by atoms with E-state index in [1.54, 1.807) is 7.05 Å². The van der Waals surface area contributed by atoms with Crippen LogP contribution in [0.1, 0.15) is 46.9 Å². The van der Waals surface area contributed by atoms with E-state index in [2.05, 4.69) is 34.7 Å².